The molecule has 0 amide bonds. The molecule has 0 spiro atoms. The molecule has 0 aliphatic carbocycles. The zero-order valence-corrected chi connectivity index (χ0v) is 24.9. The third-order valence-corrected chi connectivity index (χ3v) is 6.48. The van der Waals surface area contributed by atoms with Gasteiger partial charge in [-0.05, 0) is 63.1 Å². The fraction of sp³-hybridized carbons (Fsp3) is 0.387. The number of alkyl halides is 2. The van der Waals surface area contributed by atoms with Crippen LogP contribution in [0.1, 0.15) is 49.2 Å². The number of halogens is 3. The quantitative estimate of drug-likeness (QED) is 0.215. The highest BCUT2D eigenvalue weighted by molar-refractivity contribution is 6.31. The number of Topliss-reactive ketones (excluding diaryl/α,β-unsaturated/α-hetero) is 1. The van der Waals surface area contributed by atoms with Crippen molar-refractivity contribution in [3.63, 3.8) is 0 Å². The van der Waals surface area contributed by atoms with Crippen molar-refractivity contribution in [2.45, 2.75) is 51.7 Å². The smallest absolute Gasteiger partial charge is 0.337 e. The van der Waals surface area contributed by atoms with Gasteiger partial charge in [0.15, 0.2) is 5.78 Å². The summed E-state index contributed by atoms with van der Waals surface area (Å²) in [4.78, 5) is 38.9. The average Bonchev–Trinajstić information content (AvgIpc) is 2.94. The zero-order chi connectivity index (χ0) is 31.0. The molecular weight excluding hydrogens is 572 g/mol. The molecule has 1 unspecified atom stereocenters. The van der Waals surface area contributed by atoms with Gasteiger partial charge in [0.2, 0.25) is 0 Å². The Morgan fingerprint density at radius 1 is 0.976 bits per heavy atom. The first-order valence-corrected chi connectivity index (χ1v) is 13.6. The van der Waals surface area contributed by atoms with Gasteiger partial charge in [-0.2, -0.15) is 0 Å². The Balaban J connectivity index is 2.02. The van der Waals surface area contributed by atoms with Gasteiger partial charge in [0, 0.05) is 35.2 Å². The summed E-state index contributed by atoms with van der Waals surface area (Å²) in [5, 5.41) is 0.297. The largest absolute Gasteiger partial charge is 0.495 e. The van der Waals surface area contributed by atoms with Crippen LogP contribution in [0.2, 0.25) is 5.02 Å². The van der Waals surface area contributed by atoms with Gasteiger partial charge in [0.25, 0.3) is 12.0 Å². The average molecular weight is 606 g/mol. The van der Waals surface area contributed by atoms with Crippen LogP contribution in [-0.2, 0) is 20.7 Å². The number of nitrogens with zero attached hydrogens (tertiary/aromatic N) is 1. The standard InChI is InChI=1S/C31H34ClF2NO7/c1-31(2,3)42-13-12-24(25(36)14-19-6-8-20(9-7-19)30(38)40-5)35-17-27(39-4)23(16-29(35)37)22-15-21(32)10-11-26(22)41-18-28(33)34/h6-11,15-17,24,28H,12-14,18H2,1-5H3. The van der Waals surface area contributed by atoms with E-state index in [2.05, 4.69) is 0 Å². The molecule has 0 fully saturated rings. The second-order valence-electron chi connectivity index (χ2n) is 10.4. The van der Waals surface area contributed by atoms with Gasteiger partial charge in [-0.1, -0.05) is 23.7 Å². The van der Waals surface area contributed by atoms with Crippen molar-refractivity contribution in [3.05, 3.63) is 81.2 Å². The number of ketones is 1. The van der Waals surface area contributed by atoms with E-state index in [1.807, 2.05) is 20.8 Å². The second kappa shape index (κ2) is 14.4. The molecule has 2 aromatic carbocycles. The van der Waals surface area contributed by atoms with E-state index in [0.717, 1.165) is 0 Å². The third-order valence-electron chi connectivity index (χ3n) is 6.25. The maximum absolute atomic E-state index is 13.6. The fourth-order valence-electron chi connectivity index (χ4n) is 4.26. The Morgan fingerprint density at radius 3 is 2.24 bits per heavy atom. The summed E-state index contributed by atoms with van der Waals surface area (Å²) in [6, 6.07) is 11.2. The first-order valence-electron chi connectivity index (χ1n) is 13.2. The van der Waals surface area contributed by atoms with E-state index in [9.17, 15) is 23.2 Å². The Hall–Kier alpha value is -3.76. The van der Waals surface area contributed by atoms with E-state index in [0.29, 0.717) is 16.1 Å². The number of benzene rings is 2. The van der Waals surface area contributed by atoms with Crippen LogP contribution in [0.5, 0.6) is 11.5 Å². The molecule has 0 aliphatic heterocycles. The summed E-state index contributed by atoms with van der Waals surface area (Å²) in [5.74, 6) is -0.460. The molecule has 42 heavy (non-hydrogen) atoms. The number of esters is 1. The molecule has 11 heteroatoms. The van der Waals surface area contributed by atoms with Crippen LogP contribution in [0.15, 0.2) is 59.5 Å². The lowest BCUT2D eigenvalue weighted by atomic mass is 9.99. The van der Waals surface area contributed by atoms with Crippen LogP contribution >= 0.6 is 11.6 Å². The SMILES string of the molecule is COC(=O)c1ccc(CC(=O)C(CCOC(C)(C)C)n2cc(OC)c(-c3cc(Cl)ccc3OCC(F)F)cc2=O)cc1. The minimum absolute atomic E-state index is 0.0158. The maximum Gasteiger partial charge on any atom is 0.337 e. The molecular formula is C31H34ClF2NO7. The van der Waals surface area contributed by atoms with Crippen molar-refractivity contribution in [1.82, 2.24) is 4.57 Å². The molecule has 1 heterocycles. The maximum atomic E-state index is 13.6. The van der Waals surface area contributed by atoms with E-state index in [4.69, 9.17) is 30.5 Å². The van der Waals surface area contributed by atoms with Crippen molar-refractivity contribution in [1.29, 1.82) is 0 Å². The Kier molecular flexibility index (Phi) is 11.2. The molecule has 0 bridgehead atoms. The Bertz CT molecular complexity index is 1450. The molecule has 0 radical (unpaired) electrons. The first-order chi connectivity index (χ1) is 19.8. The highest BCUT2D eigenvalue weighted by Gasteiger charge is 2.25. The predicted octanol–water partition coefficient (Wildman–Crippen LogP) is 6.17. The number of hydrogen-bond acceptors (Lipinski definition) is 7. The van der Waals surface area contributed by atoms with Crippen LogP contribution in [0, 0.1) is 0 Å². The van der Waals surface area contributed by atoms with E-state index in [-0.39, 0.29) is 47.9 Å². The molecule has 226 valence electrons. The van der Waals surface area contributed by atoms with Crippen LogP contribution < -0.4 is 15.0 Å². The lowest BCUT2D eigenvalue weighted by Crippen LogP contribution is -2.32. The van der Waals surface area contributed by atoms with Crippen LogP contribution in [0.25, 0.3) is 11.1 Å². The monoisotopic (exact) mass is 605 g/mol. The van der Waals surface area contributed by atoms with Gasteiger partial charge in [0.05, 0.1) is 37.6 Å². The van der Waals surface area contributed by atoms with Gasteiger partial charge < -0.3 is 23.5 Å². The lowest BCUT2D eigenvalue weighted by molar-refractivity contribution is -0.122. The molecule has 3 rings (SSSR count). The van der Waals surface area contributed by atoms with Gasteiger partial charge in [0.1, 0.15) is 18.1 Å². The minimum atomic E-state index is -2.71. The van der Waals surface area contributed by atoms with Crippen molar-refractivity contribution >= 4 is 23.4 Å². The van der Waals surface area contributed by atoms with Gasteiger partial charge in [-0.15, -0.1) is 0 Å². The second-order valence-corrected chi connectivity index (χ2v) is 10.9. The molecule has 0 aliphatic rings. The van der Waals surface area contributed by atoms with Gasteiger partial charge in [-0.3, -0.25) is 9.59 Å². The van der Waals surface area contributed by atoms with Crippen LogP contribution in [-0.4, -0.2) is 55.8 Å². The van der Waals surface area contributed by atoms with E-state index in [1.54, 1.807) is 24.3 Å². The highest BCUT2D eigenvalue weighted by atomic mass is 35.5. The number of ether oxygens (including phenoxy) is 4. The number of rotatable bonds is 13. The molecule has 3 aromatic rings. The van der Waals surface area contributed by atoms with Crippen molar-refractivity contribution in [2.75, 3.05) is 27.4 Å². The summed E-state index contributed by atoms with van der Waals surface area (Å²) in [7, 11) is 2.67. The van der Waals surface area contributed by atoms with Gasteiger partial charge in [-0.25, -0.2) is 13.6 Å². The summed E-state index contributed by atoms with van der Waals surface area (Å²) in [5.41, 5.74) is 0.546. The summed E-state index contributed by atoms with van der Waals surface area (Å²) >= 11 is 6.18. The summed E-state index contributed by atoms with van der Waals surface area (Å²) in [6.07, 6.45) is -1.12. The van der Waals surface area contributed by atoms with Crippen LogP contribution in [0.4, 0.5) is 8.78 Å². The number of pyridine rings is 1. The van der Waals surface area contributed by atoms with E-state index < -0.39 is 36.2 Å². The number of carbonyl (C=O) groups is 2. The van der Waals surface area contributed by atoms with Crippen molar-refractivity contribution in [2.24, 2.45) is 0 Å². The molecule has 0 saturated carbocycles. The van der Waals surface area contributed by atoms with Crippen LogP contribution in [0.3, 0.4) is 0 Å². The molecule has 1 aromatic heterocycles. The number of carbonyl (C=O) groups excluding carboxylic acids is 2. The third kappa shape index (κ3) is 8.87. The van der Waals surface area contributed by atoms with E-state index in [1.165, 1.54) is 49.2 Å². The first kappa shape index (κ1) is 32.8. The number of aromatic nitrogens is 1. The highest BCUT2D eigenvalue weighted by Crippen LogP contribution is 2.38. The number of hydrogen-bond donors (Lipinski definition) is 0. The Morgan fingerprint density at radius 2 is 1.64 bits per heavy atom. The minimum Gasteiger partial charge on any atom is -0.495 e. The van der Waals surface area contributed by atoms with Gasteiger partial charge >= 0.3 is 5.97 Å². The topological polar surface area (TPSA) is 93.1 Å². The fourth-order valence-corrected chi connectivity index (χ4v) is 4.44. The summed E-state index contributed by atoms with van der Waals surface area (Å²) < 4.78 is 48.5. The predicted molar refractivity (Wildman–Crippen MR) is 155 cm³/mol. The number of methoxy groups -OCH3 is 2. The summed E-state index contributed by atoms with van der Waals surface area (Å²) in [6.45, 7) is 5.00. The molecule has 0 N–H and O–H groups in total. The lowest BCUT2D eigenvalue weighted by Gasteiger charge is -2.24. The van der Waals surface area contributed by atoms with Crippen molar-refractivity contribution in [3.8, 4) is 22.6 Å². The Labute approximate surface area is 248 Å². The zero-order valence-electron chi connectivity index (χ0n) is 24.1. The molecule has 1 atom stereocenters. The van der Waals surface area contributed by atoms with E-state index >= 15 is 0 Å². The molecule has 8 nitrogen and oxygen atoms in total. The van der Waals surface area contributed by atoms with Crippen molar-refractivity contribution < 1.29 is 37.3 Å². The normalized spacial score (nSPS) is 12.2. The molecule has 0 saturated heterocycles.